The fourth-order valence-corrected chi connectivity index (χ4v) is 0.442. The molecule has 0 saturated carbocycles. The van der Waals surface area contributed by atoms with Crippen LogP contribution in [0.1, 0.15) is 5.56 Å². The molecule has 47 valence electrons. The molecule has 9 heavy (non-hydrogen) atoms. The third-order valence-corrected chi connectivity index (χ3v) is 0.954. The molecule has 0 atom stereocenters. The Labute approximate surface area is 51.2 Å². The Kier molecular flexibility index (Phi) is 1.22. The van der Waals surface area contributed by atoms with Gasteiger partial charge in [0.25, 0.3) is 5.56 Å². The van der Waals surface area contributed by atoms with Crippen LogP contribution < -0.4 is 5.56 Å². The fourth-order valence-electron chi connectivity index (χ4n) is 0.442. The van der Waals surface area contributed by atoms with Crippen LogP contribution in [0, 0.1) is 6.92 Å². The van der Waals surface area contributed by atoms with Gasteiger partial charge >= 0.3 is 6.01 Å². The minimum absolute atomic E-state index is 0.366. The van der Waals surface area contributed by atoms with Gasteiger partial charge in [0.15, 0.2) is 0 Å². The average molecular weight is 125 g/mol. The molecule has 0 amide bonds. The van der Waals surface area contributed by atoms with Gasteiger partial charge in [-0.3, -0.25) is 9.78 Å². The summed E-state index contributed by atoms with van der Waals surface area (Å²) < 4.78 is 0. The number of H-pyrrole nitrogens is 1. The summed E-state index contributed by atoms with van der Waals surface area (Å²) in [5.41, 5.74) is 0.0876. The number of nitrogens with zero attached hydrogens (tertiary/aromatic N) is 1. The molecule has 0 aliphatic rings. The zero-order valence-corrected chi connectivity index (χ0v) is 4.84. The number of hydrogen-bond donors (Lipinski definition) is 1. The van der Waals surface area contributed by atoms with Gasteiger partial charge in [0.2, 0.25) is 0 Å². The Morgan fingerprint density at radius 1 is 1.67 bits per heavy atom. The zero-order chi connectivity index (χ0) is 6.85. The van der Waals surface area contributed by atoms with Gasteiger partial charge in [-0.1, -0.05) is 0 Å². The number of aromatic nitrogens is 2. The van der Waals surface area contributed by atoms with Crippen molar-refractivity contribution in [3.63, 3.8) is 0 Å². The van der Waals surface area contributed by atoms with Crippen LogP contribution in [0.5, 0.6) is 6.01 Å². The monoisotopic (exact) mass is 125 g/mol. The van der Waals surface area contributed by atoms with Crippen molar-refractivity contribution in [3.05, 3.63) is 22.1 Å². The van der Waals surface area contributed by atoms with E-state index < -0.39 is 6.01 Å². The molecule has 0 aromatic carbocycles. The molecule has 1 aromatic rings. The maximum absolute atomic E-state index is 10.5. The average Bonchev–Trinajstić information content (AvgIpc) is 1.80. The Hall–Kier alpha value is -1.32. The highest BCUT2D eigenvalue weighted by molar-refractivity contribution is 5.03. The van der Waals surface area contributed by atoms with Gasteiger partial charge in [0.1, 0.15) is 0 Å². The Bertz CT molecular complexity index is 266. The largest absolute Gasteiger partial charge is 0.347 e. The van der Waals surface area contributed by atoms with E-state index in [-0.39, 0.29) is 5.56 Å². The normalized spacial score (nSPS) is 9.44. The topological polar surface area (TPSA) is 65.7 Å². The molecule has 0 aliphatic heterocycles. The second kappa shape index (κ2) is 1.89. The molecular weight excluding hydrogens is 120 g/mol. The van der Waals surface area contributed by atoms with Gasteiger partial charge in [-0.2, -0.15) is 0 Å². The number of nitrogens with one attached hydrogen (secondary N) is 1. The lowest BCUT2D eigenvalue weighted by molar-refractivity contribution is 0.317. The molecule has 1 radical (unpaired) electrons. The molecule has 1 rings (SSSR count). The molecule has 1 aromatic heterocycles. The summed E-state index contributed by atoms with van der Waals surface area (Å²) in [6.45, 7) is 1.59. The highest BCUT2D eigenvalue weighted by atomic mass is 16.3. The minimum Gasteiger partial charge on any atom is -0.272 e. The van der Waals surface area contributed by atoms with Gasteiger partial charge < -0.3 is 0 Å². The zero-order valence-electron chi connectivity index (χ0n) is 4.84. The first kappa shape index (κ1) is 5.81. The van der Waals surface area contributed by atoms with E-state index in [0.717, 1.165) is 0 Å². The van der Waals surface area contributed by atoms with Crippen molar-refractivity contribution in [2.45, 2.75) is 6.92 Å². The first-order valence-electron chi connectivity index (χ1n) is 2.43. The molecule has 0 bridgehead atoms. The van der Waals surface area contributed by atoms with Crippen LogP contribution in [0.25, 0.3) is 0 Å². The standard InChI is InChI=1S/C5H5N2O2/c1-3-2-6-5(9)7-4(3)8/h2H,1H3,(H,6,7,8). The Balaban J connectivity index is 3.34. The van der Waals surface area contributed by atoms with Crippen LogP contribution in [0.4, 0.5) is 0 Å². The van der Waals surface area contributed by atoms with E-state index in [4.69, 9.17) is 0 Å². The molecule has 4 heteroatoms. The maximum atomic E-state index is 10.5. The van der Waals surface area contributed by atoms with Crippen LogP contribution in [-0.4, -0.2) is 9.97 Å². The predicted octanol–water partition coefficient (Wildman–Crippen LogP) is 0.222. The lowest BCUT2D eigenvalue weighted by Gasteiger charge is -1.86. The van der Waals surface area contributed by atoms with Crippen LogP contribution in [-0.2, 0) is 5.11 Å². The maximum Gasteiger partial charge on any atom is 0.347 e. The van der Waals surface area contributed by atoms with Gasteiger partial charge in [0, 0.05) is 11.8 Å². The van der Waals surface area contributed by atoms with E-state index in [2.05, 4.69) is 4.98 Å². The molecular formula is C5H5N2O2. The van der Waals surface area contributed by atoms with E-state index in [1.807, 2.05) is 4.98 Å². The van der Waals surface area contributed by atoms with E-state index >= 15 is 0 Å². The quantitative estimate of drug-likeness (QED) is 0.539. The van der Waals surface area contributed by atoms with E-state index in [1.54, 1.807) is 6.92 Å². The van der Waals surface area contributed by atoms with Gasteiger partial charge in [-0.25, -0.2) is 10.1 Å². The molecule has 0 unspecified atom stereocenters. The number of aryl methyl sites for hydroxylation is 1. The van der Waals surface area contributed by atoms with Gasteiger partial charge in [-0.15, -0.1) is 0 Å². The van der Waals surface area contributed by atoms with Crippen molar-refractivity contribution in [2.24, 2.45) is 0 Å². The lowest BCUT2D eigenvalue weighted by Crippen LogP contribution is -2.08. The molecule has 0 aliphatic carbocycles. The van der Waals surface area contributed by atoms with Crippen LogP contribution in [0.2, 0.25) is 0 Å². The predicted molar refractivity (Wildman–Crippen MR) is 29.7 cm³/mol. The van der Waals surface area contributed by atoms with Crippen molar-refractivity contribution in [1.82, 2.24) is 9.97 Å². The summed E-state index contributed by atoms with van der Waals surface area (Å²) in [5.74, 6) is 0. The highest BCUT2D eigenvalue weighted by Crippen LogP contribution is 1.91. The van der Waals surface area contributed by atoms with Gasteiger partial charge in [0.05, 0.1) is 0 Å². The van der Waals surface area contributed by atoms with Crippen molar-refractivity contribution in [1.29, 1.82) is 0 Å². The van der Waals surface area contributed by atoms with Crippen molar-refractivity contribution < 1.29 is 5.11 Å². The van der Waals surface area contributed by atoms with Gasteiger partial charge in [-0.05, 0) is 6.92 Å². The van der Waals surface area contributed by atoms with E-state index in [1.165, 1.54) is 6.20 Å². The summed E-state index contributed by atoms with van der Waals surface area (Å²) in [4.78, 5) is 15.9. The van der Waals surface area contributed by atoms with Crippen molar-refractivity contribution >= 4 is 0 Å². The Morgan fingerprint density at radius 2 is 2.33 bits per heavy atom. The van der Waals surface area contributed by atoms with Crippen LogP contribution >= 0.6 is 0 Å². The first-order valence-corrected chi connectivity index (χ1v) is 2.43. The third-order valence-electron chi connectivity index (χ3n) is 0.954. The SMILES string of the molecule is Cc1cnc([O])[nH]c1=O. The minimum atomic E-state index is -0.592. The lowest BCUT2D eigenvalue weighted by atomic mass is 10.4. The molecule has 0 saturated heterocycles. The molecule has 4 nitrogen and oxygen atoms in total. The highest BCUT2D eigenvalue weighted by Gasteiger charge is 1.94. The van der Waals surface area contributed by atoms with E-state index in [9.17, 15) is 9.90 Å². The molecule has 1 heterocycles. The first-order chi connectivity index (χ1) is 4.20. The molecule has 1 N–H and O–H groups in total. The second-order valence-electron chi connectivity index (χ2n) is 1.70. The van der Waals surface area contributed by atoms with Crippen LogP contribution in [0.3, 0.4) is 0 Å². The number of hydrogen-bond acceptors (Lipinski definition) is 2. The fraction of sp³-hybridized carbons (Fsp3) is 0.200. The summed E-state index contributed by atoms with van der Waals surface area (Å²) in [7, 11) is 0. The number of aromatic amines is 1. The second-order valence-corrected chi connectivity index (χ2v) is 1.70. The summed E-state index contributed by atoms with van der Waals surface area (Å²) >= 11 is 0. The van der Waals surface area contributed by atoms with Crippen molar-refractivity contribution in [3.8, 4) is 6.01 Å². The van der Waals surface area contributed by atoms with Crippen molar-refractivity contribution in [2.75, 3.05) is 0 Å². The summed E-state index contributed by atoms with van der Waals surface area (Å²) in [6.07, 6.45) is 1.25. The Morgan fingerprint density at radius 3 is 2.78 bits per heavy atom. The molecule has 0 spiro atoms. The number of rotatable bonds is 0. The smallest absolute Gasteiger partial charge is 0.272 e. The summed E-state index contributed by atoms with van der Waals surface area (Å²) in [6, 6.07) is -0.592. The summed E-state index contributed by atoms with van der Waals surface area (Å²) in [5, 5.41) is 10.3. The van der Waals surface area contributed by atoms with Crippen LogP contribution in [0.15, 0.2) is 11.0 Å². The van der Waals surface area contributed by atoms with E-state index in [0.29, 0.717) is 5.56 Å². The third kappa shape index (κ3) is 1.07. The molecule has 0 fully saturated rings.